The van der Waals surface area contributed by atoms with E-state index in [0.29, 0.717) is 11.1 Å². The summed E-state index contributed by atoms with van der Waals surface area (Å²) in [6, 6.07) is 15.9. The first-order chi connectivity index (χ1) is 15.1. The van der Waals surface area contributed by atoms with E-state index in [1.165, 1.54) is 21.6 Å². The minimum atomic E-state index is 0.0360. The fourth-order valence-electron chi connectivity index (χ4n) is 3.93. The summed E-state index contributed by atoms with van der Waals surface area (Å²) in [5, 5.41) is 0. The van der Waals surface area contributed by atoms with Gasteiger partial charge in [-0.05, 0) is 79.7 Å². The first-order valence-corrected chi connectivity index (χ1v) is 13.4. The third-order valence-electron chi connectivity index (χ3n) is 5.15. The predicted molar refractivity (Wildman–Crippen MR) is 137 cm³/mol. The highest BCUT2D eigenvalue weighted by molar-refractivity contribution is 8.76. The van der Waals surface area contributed by atoms with Crippen molar-refractivity contribution in [3.63, 3.8) is 0 Å². The maximum absolute atomic E-state index is 13.3. The molecule has 0 radical (unpaired) electrons. The first kappa shape index (κ1) is 26.3. The summed E-state index contributed by atoms with van der Waals surface area (Å²) in [6.07, 6.45) is 0. The van der Waals surface area contributed by atoms with Gasteiger partial charge in [0, 0.05) is 34.0 Å². The van der Waals surface area contributed by atoms with Gasteiger partial charge in [0.2, 0.25) is 0 Å². The molecule has 2 aromatic rings. The Morgan fingerprint density at radius 2 is 0.844 bits per heavy atom. The van der Waals surface area contributed by atoms with Gasteiger partial charge in [0.05, 0.1) is 11.1 Å². The topological polar surface area (TPSA) is 40.6 Å². The van der Waals surface area contributed by atoms with Crippen molar-refractivity contribution in [2.75, 3.05) is 0 Å². The maximum atomic E-state index is 13.3. The minimum absolute atomic E-state index is 0.0360. The molecule has 0 saturated carbocycles. The molecule has 32 heavy (non-hydrogen) atoms. The van der Waals surface area contributed by atoms with Crippen molar-refractivity contribution in [2.45, 2.75) is 89.3 Å². The molecular formula is C26H36N2O2S2. The van der Waals surface area contributed by atoms with E-state index in [1.807, 2.05) is 114 Å². The van der Waals surface area contributed by atoms with E-state index in [0.717, 1.165) is 9.79 Å². The molecular weight excluding hydrogens is 436 g/mol. The predicted octanol–water partition coefficient (Wildman–Crippen LogP) is 7.00. The lowest BCUT2D eigenvalue weighted by atomic mass is 10.1. The SMILES string of the molecule is CC(C)N(C(=O)c1ccccc1SSc1ccccc1C(=O)N(C(C)C)C(C)C)C(C)C. The van der Waals surface area contributed by atoms with Crippen molar-refractivity contribution in [1.82, 2.24) is 9.80 Å². The van der Waals surface area contributed by atoms with Crippen molar-refractivity contribution in [1.29, 1.82) is 0 Å². The summed E-state index contributed by atoms with van der Waals surface area (Å²) in [5.74, 6) is 0.0719. The van der Waals surface area contributed by atoms with Crippen LogP contribution in [0.3, 0.4) is 0 Å². The molecule has 2 rings (SSSR count). The second-order valence-corrected chi connectivity index (χ2v) is 11.2. The normalized spacial score (nSPS) is 11.5. The number of carbonyl (C=O) groups is 2. The molecule has 6 heteroatoms. The zero-order chi connectivity index (χ0) is 24.0. The number of hydrogen-bond acceptors (Lipinski definition) is 4. The van der Waals surface area contributed by atoms with Crippen molar-refractivity contribution >= 4 is 33.4 Å². The van der Waals surface area contributed by atoms with Crippen LogP contribution in [-0.2, 0) is 0 Å². The lowest BCUT2D eigenvalue weighted by molar-refractivity contribution is 0.0630. The van der Waals surface area contributed by atoms with E-state index in [1.54, 1.807) is 0 Å². The molecule has 0 unspecified atom stereocenters. The monoisotopic (exact) mass is 472 g/mol. The van der Waals surface area contributed by atoms with Crippen LogP contribution in [0.5, 0.6) is 0 Å². The van der Waals surface area contributed by atoms with Crippen molar-refractivity contribution in [3.8, 4) is 0 Å². The molecule has 0 spiro atoms. The van der Waals surface area contributed by atoms with Crippen LogP contribution in [0.2, 0.25) is 0 Å². The molecule has 0 heterocycles. The number of hydrogen-bond donors (Lipinski definition) is 0. The van der Waals surface area contributed by atoms with Crippen LogP contribution in [0.25, 0.3) is 0 Å². The van der Waals surface area contributed by atoms with Gasteiger partial charge in [-0.1, -0.05) is 45.9 Å². The molecule has 0 fully saturated rings. The Morgan fingerprint density at radius 1 is 0.562 bits per heavy atom. The van der Waals surface area contributed by atoms with Crippen LogP contribution < -0.4 is 0 Å². The van der Waals surface area contributed by atoms with E-state index in [2.05, 4.69) is 0 Å². The summed E-state index contributed by atoms with van der Waals surface area (Å²) in [6.45, 7) is 16.3. The molecule has 2 amide bonds. The second kappa shape index (κ2) is 11.8. The van der Waals surface area contributed by atoms with Gasteiger partial charge in [0.1, 0.15) is 0 Å². The Labute approximate surface area is 201 Å². The standard InChI is InChI=1S/C26H36N2O2S2/c1-17(2)27(18(3)4)25(29)21-13-9-11-15-23(21)31-32-24-16-12-10-14-22(24)26(30)28(19(5)6)20(7)8/h9-20H,1-8H3. The first-order valence-electron chi connectivity index (χ1n) is 11.2. The summed E-state index contributed by atoms with van der Waals surface area (Å²) in [7, 11) is 3.06. The van der Waals surface area contributed by atoms with Gasteiger partial charge in [-0.3, -0.25) is 9.59 Å². The Hall–Kier alpha value is -1.92. The minimum Gasteiger partial charge on any atom is -0.334 e. The number of rotatable bonds is 9. The number of amides is 2. The number of carbonyl (C=O) groups excluding carboxylic acids is 2. The Bertz CT molecular complexity index is 834. The lowest BCUT2D eigenvalue weighted by Gasteiger charge is -2.31. The largest absolute Gasteiger partial charge is 0.334 e. The quantitative estimate of drug-likeness (QED) is 0.368. The summed E-state index contributed by atoms with van der Waals surface area (Å²) in [4.78, 5) is 32.3. The van der Waals surface area contributed by atoms with E-state index in [4.69, 9.17) is 0 Å². The van der Waals surface area contributed by atoms with E-state index < -0.39 is 0 Å². The summed E-state index contributed by atoms with van der Waals surface area (Å²) < 4.78 is 0. The van der Waals surface area contributed by atoms with Gasteiger partial charge in [-0.2, -0.15) is 0 Å². The fourth-order valence-corrected chi connectivity index (χ4v) is 6.28. The van der Waals surface area contributed by atoms with E-state index in [9.17, 15) is 9.59 Å². The second-order valence-electron chi connectivity index (χ2n) is 8.96. The molecule has 0 saturated heterocycles. The van der Waals surface area contributed by atoms with Gasteiger partial charge in [-0.25, -0.2) is 0 Å². The molecule has 2 aromatic carbocycles. The van der Waals surface area contributed by atoms with Crippen LogP contribution in [-0.4, -0.2) is 45.8 Å². The van der Waals surface area contributed by atoms with Gasteiger partial charge in [0.25, 0.3) is 11.8 Å². The van der Waals surface area contributed by atoms with Gasteiger partial charge >= 0.3 is 0 Å². The van der Waals surface area contributed by atoms with Crippen LogP contribution in [0, 0.1) is 0 Å². The molecule has 0 aliphatic heterocycles. The maximum Gasteiger partial charge on any atom is 0.255 e. The lowest BCUT2D eigenvalue weighted by Crippen LogP contribution is -2.42. The van der Waals surface area contributed by atoms with Gasteiger partial charge in [-0.15, -0.1) is 0 Å². The van der Waals surface area contributed by atoms with Crippen molar-refractivity contribution in [2.24, 2.45) is 0 Å². The molecule has 0 aliphatic carbocycles. The third kappa shape index (κ3) is 6.32. The average molecular weight is 473 g/mol. The van der Waals surface area contributed by atoms with Crippen molar-refractivity contribution < 1.29 is 9.59 Å². The molecule has 0 aromatic heterocycles. The van der Waals surface area contributed by atoms with Crippen LogP contribution in [0.1, 0.15) is 76.1 Å². The highest BCUT2D eigenvalue weighted by Crippen LogP contribution is 2.41. The summed E-state index contributed by atoms with van der Waals surface area (Å²) in [5.41, 5.74) is 1.39. The highest BCUT2D eigenvalue weighted by Gasteiger charge is 2.26. The number of nitrogens with zero attached hydrogens (tertiary/aromatic N) is 2. The molecule has 174 valence electrons. The molecule has 0 atom stereocenters. The van der Waals surface area contributed by atoms with Gasteiger partial charge < -0.3 is 9.80 Å². The molecule has 0 N–H and O–H groups in total. The Morgan fingerprint density at radius 3 is 1.12 bits per heavy atom. The zero-order valence-corrected chi connectivity index (χ0v) is 22.1. The smallest absolute Gasteiger partial charge is 0.255 e. The molecule has 0 bridgehead atoms. The van der Waals surface area contributed by atoms with E-state index >= 15 is 0 Å². The molecule has 0 aliphatic rings. The van der Waals surface area contributed by atoms with Crippen LogP contribution in [0.4, 0.5) is 0 Å². The number of benzene rings is 2. The average Bonchev–Trinajstić information content (AvgIpc) is 2.71. The highest BCUT2D eigenvalue weighted by atomic mass is 33.1. The Kier molecular flexibility index (Phi) is 9.71. The fraction of sp³-hybridized carbons (Fsp3) is 0.462. The summed E-state index contributed by atoms with van der Waals surface area (Å²) >= 11 is 0. The van der Waals surface area contributed by atoms with E-state index in [-0.39, 0.29) is 36.0 Å². The van der Waals surface area contributed by atoms with Gasteiger partial charge in [0.15, 0.2) is 0 Å². The van der Waals surface area contributed by atoms with Crippen molar-refractivity contribution in [3.05, 3.63) is 59.7 Å². The Balaban J connectivity index is 2.32. The molecule has 4 nitrogen and oxygen atoms in total. The van der Waals surface area contributed by atoms with Crippen LogP contribution in [0.15, 0.2) is 58.3 Å². The van der Waals surface area contributed by atoms with Crippen LogP contribution >= 0.6 is 21.6 Å². The zero-order valence-electron chi connectivity index (χ0n) is 20.5. The third-order valence-corrected chi connectivity index (χ3v) is 7.63.